The van der Waals surface area contributed by atoms with Gasteiger partial charge in [0.2, 0.25) is 0 Å². The molecule has 1 aromatic heterocycles. The third-order valence-electron chi connectivity index (χ3n) is 5.03. The van der Waals surface area contributed by atoms with Crippen molar-refractivity contribution >= 4 is 17.2 Å². The van der Waals surface area contributed by atoms with Gasteiger partial charge < -0.3 is 10.1 Å². The van der Waals surface area contributed by atoms with Crippen molar-refractivity contribution in [2.75, 3.05) is 0 Å². The maximum atomic E-state index is 12.6. The highest BCUT2D eigenvalue weighted by molar-refractivity contribution is 7.17. The molecular weight excluding hydrogens is 402 g/mol. The molecule has 0 saturated carbocycles. The topological polar surface area (TPSA) is 38.3 Å². The van der Waals surface area contributed by atoms with Crippen LogP contribution in [0.15, 0.2) is 97.1 Å². The lowest BCUT2D eigenvalue weighted by atomic mass is 10.1. The molecule has 0 radical (unpaired) electrons. The number of ether oxygens (including phenoxy) is 1. The summed E-state index contributed by atoms with van der Waals surface area (Å²) in [4.78, 5) is 14.4. The van der Waals surface area contributed by atoms with Crippen molar-refractivity contribution in [3.05, 3.63) is 108 Å². The number of para-hydroxylation sites is 1. The van der Waals surface area contributed by atoms with Gasteiger partial charge in [-0.2, -0.15) is 0 Å². The molecule has 1 N–H and O–H groups in total. The molecule has 0 saturated heterocycles. The number of amides is 1. The number of hydrogen-bond donors (Lipinski definition) is 1. The fourth-order valence-electron chi connectivity index (χ4n) is 3.32. The molecule has 0 spiro atoms. The minimum Gasteiger partial charge on any atom is -0.457 e. The third-order valence-corrected chi connectivity index (χ3v) is 6.17. The number of hydrogen-bond acceptors (Lipinski definition) is 3. The molecule has 0 aliphatic carbocycles. The summed E-state index contributed by atoms with van der Waals surface area (Å²) in [6.07, 6.45) is 1.87. The fourth-order valence-corrected chi connectivity index (χ4v) is 4.24. The molecule has 0 aliphatic heterocycles. The molecule has 3 nitrogen and oxygen atoms in total. The SMILES string of the molecule is C[C@@H](CCc1ccccc1)NC(=O)c1ccc(-c2ccc(Oc3ccccc3)cc2)s1. The van der Waals surface area contributed by atoms with Gasteiger partial charge >= 0.3 is 0 Å². The Morgan fingerprint density at radius 1 is 0.839 bits per heavy atom. The second-order valence-electron chi connectivity index (χ2n) is 7.50. The van der Waals surface area contributed by atoms with Gasteiger partial charge in [0.15, 0.2) is 0 Å². The molecule has 3 aromatic carbocycles. The molecule has 1 heterocycles. The van der Waals surface area contributed by atoms with Crippen LogP contribution >= 0.6 is 11.3 Å². The number of carbonyl (C=O) groups excluding carboxylic acids is 1. The maximum Gasteiger partial charge on any atom is 0.261 e. The van der Waals surface area contributed by atoms with E-state index in [0.717, 1.165) is 39.7 Å². The molecule has 0 bridgehead atoms. The fraction of sp³-hybridized carbons (Fsp3) is 0.148. The lowest BCUT2D eigenvalue weighted by Gasteiger charge is -2.13. The zero-order valence-corrected chi connectivity index (χ0v) is 18.3. The van der Waals surface area contributed by atoms with Crippen LogP contribution in [0.1, 0.15) is 28.6 Å². The van der Waals surface area contributed by atoms with Crippen molar-refractivity contribution in [3.63, 3.8) is 0 Å². The first-order chi connectivity index (χ1) is 15.2. The van der Waals surface area contributed by atoms with Gasteiger partial charge in [0.05, 0.1) is 4.88 Å². The number of rotatable bonds is 8. The van der Waals surface area contributed by atoms with Crippen LogP contribution in [0.2, 0.25) is 0 Å². The van der Waals surface area contributed by atoms with E-state index in [0.29, 0.717) is 0 Å². The van der Waals surface area contributed by atoms with Gasteiger partial charge in [0.1, 0.15) is 11.5 Å². The van der Waals surface area contributed by atoms with Crippen molar-refractivity contribution in [2.24, 2.45) is 0 Å². The average molecular weight is 428 g/mol. The number of benzene rings is 3. The number of thiophene rings is 1. The monoisotopic (exact) mass is 427 g/mol. The lowest BCUT2D eigenvalue weighted by Crippen LogP contribution is -2.32. The van der Waals surface area contributed by atoms with Crippen molar-refractivity contribution in [2.45, 2.75) is 25.8 Å². The van der Waals surface area contributed by atoms with E-state index in [1.807, 2.05) is 84.9 Å². The van der Waals surface area contributed by atoms with Crippen LogP contribution in [-0.4, -0.2) is 11.9 Å². The molecule has 4 aromatic rings. The summed E-state index contributed by atoms with van der Waals surface area (Å²) >= 11 is 1.51. The summed E-state index contributed by atoms with van der Waals surface area (Å²) in [7, 11) is 0. The molecule has 156 valence electrons. The Hall–Kier alpha value is -3.37. The molecule has 4 heteroatoms. The molecule has 0 aliphatic rings. The second kappa shape index (κ2) is 10.1. The van der Waals surface area contributed by atoms with Crippen molar-refractivity contribution in [1.29, 1.82) is 0 Å². The summed E-state index contributed by atoms with van der Waals surface area (Å²) in [5.74, 6) is 1.59. The smallest absolute Gasteiger partial charge is 0.261 e. The Bertz CT molecular complexity index is 1100. The van der Waals surface area contributed by atoms with Crippen molar-refractivity contribution in [1.82, 2.24) is 5.32 Å². The first kappa shape index (κ1) is 20.9. The predicted octanol–water partition coefficient (Wildman–Crippen LogP) is 6.96. The second-order valence-corrected chi connectivity index (χ2v) is 8.59. The number of nitrogens with one attached hydrogen (secondary N) is 1. The van der Waals surface area contributed by atoms with Gasteiger partial charge in [-0.15, -0.1) is 11.3 Å². The van der Waals surface area contributed by atoms with Crippen LogP contribution in [0.5, 0.6) is 11.5 Å². The minimum atomic E-state index is -0.0131. The van der Waals surface area contributed by atoms with E-state index in [-0.39, 0.29) is 11.9 Å². The molecule has 0 unspecified atom stereocenters. The molecule has 31 heavy (non-hydrogen) atoms. The lowest BCUT2D eigenvalue weighted by molar-refractivity contribution is 0.0942. The minimum absolute atomic E-state index is 0.0131. The summed E-state index contributed by atoms with van der Waals surface area (Å²) in [6.45, 7) is 2.06. The standard InChI is InChI=1S/C27H25NO2S/c1-20(12-13-21-8-4-2-5-9-21)28-27(29)26-19-18-25(31-26)22-14-16-24(17-15-22)30-23-10-6-3-7-11-23/h2-11,14-20H,12-13H2,1H3,(H,28,29)/t20-/m0/s1. The predicted molar refractivity (Wildman–Crippen MR) is 128 cm³/mol. The van der Waals surface area contributed by atoms with Crippen LogP contribution in [0.3, 0.4) is 0 Å². The van der Waals surface area contributed by atoms with E-state index in [2.05, 4.69) is 24.4 Å². The van der Waals surface area contributed by atoms with Crippen LogP contribution < -0.4 is 10.1 Å². The molecule has 1 amide bonds. The Labute approximate surface area is 187 Å². The van der Waals surface area contributed by atoms with Crippen LogP contribution in [0.25, 0.3) is 10.4 Å². The van der Waals surface area contributed by atoms with Gasteiger partial charge in [-0.1, -0.05) is 48.5 Å². The first-order valence-corrected chi connectivity index (χ1v) is 11.3. The highest BCUT2D eigenvalue weighted by Gasteiger charge is 2.13. The summed E-state index contributed by atoms with van der Waals surface area (Å²) in [5, 5.41) is 3.12. The van der Waals surface area contributed by atoms with Gasteiger partial charge in [-0.3, -0.25) is 4.79 Å². The summed E-state index contributed by atoms with van der Waals surface area (Å²) in [5.41, 5.74) is 2.36. The Balaban J connectivity index is 1.33. The zero-order valence-electron chi connectivity index (χ0n) is 17.5. The summed E-state index contributed by atoms with van der Waals surface area (Å²) < 4.78 is 5.85. The zero-order chi connectivity index (χ0) is 21.5. The largest absolute Gasteiger partial charge is 0.457 e. The molecular formula is C27H25NO2S. The average Bonchev–Trinajstić information content (AvgIpc) is 3.30. The highest BCUT2D eigenvalue weighted by atomic mass is 32.1. The van der Waals surface area contributed by atoms with Crippen molar-refractivity contribution < 1.29 is 9.53 Å². The Morgan fingerprint density at radius 3 is 2.19 bits per heavy atom. The molecule has 4 rings (SSSR count). The number of aryl methyl sites for hydroxylation is 1. The quantitative estimate of drug-likeness (QED) is 0.330. The Morgan fingerprint density at radius 2 is 1.48 bits per heavy atom. The number of carbonyl (C=O) groups is 1. The van der Waals surface area contributed by atoms with Gasteiger partial charge in [-0.25, -0.2) is 0 Å². The molecule has 0 fully saturated rings. The van der Waals surface area contributed by atoms with Crippen LogP contribution in [0.4, 0.5) is 0 Å². The normalized spacial score (nSPS) is 11.6. The van der Waals surface area contributed by atoms with E-state index in [4.69, 9.17) is 4.74 Å². The molecule has 1 atom stereocenters. The van der Waals surface area contributed by atoms with Crippen LogP contribution in [-0.2, 0) is 6.42 Å². The first-order valence-electron chi connectivity index (χ1n) is 10.5. The third kappa shape index (κ3) is 5.83. The van der Waals surface area contributed by atoms with Gasteiger partial charge in [-0.05, 0) is 79.4 Å². The van der Waals surface area contributed by atoms with Gasteiger partial charge in [0.25, 0.3) is 5.91 Å². The van der Waals surface area contributed by atoms with E-state index < -0.39 is 0 Å². The maximum absolute atomic E-state index is 12.6. The van der Waals surface area contributed by atoms with E-state index in [9.17, 15) is 4.79 Å². The van der Waals surface area contributed by atoms with Crippen molar-refractivity contribution in [3.8, 4) is 21.9 Å². The van der Waals surface area contributed by atoms with Crippen LogP contribution in [0, 0.1) is 0 Å². The van der Waals surface area contributed by atoms with E-state index in [1.54, 1.807) is 0 Å². The van der Waals surface area contributed by atoms with E-state index >= 15 is 0 Å². The van der Waals surface area contributed by atoms with E-state index in [1.165, 1.54) is 16.9 Å². The highest BCUT2D eigenvalue weighted by Crippen LogP contribution is 2.30. The van der Waals surface area contributed by atoms with Gasteiger partial charge in [0, 0.05) is 10.9 Å². The summed E-state index contributed by atoms with van der Waals surface area (Å²) in [6, 6.07) is 32.0. The Kier molecular flexibility index (Phi) is 6.80.